The van der Waals surface area contributed by atoms with Gasteiger partial charge in [0.2, 0.25) is 5.91 Å². The number of esters is 1. The van der Waals surface area contributed by atoms with Crippen molar-refractivity contribution < 1.29 is 14.3 Å². The number of fused-ring (bicyclic) bond motifs is 1. The van der Waals surface area contributed by atoms with Crippen molar-refractivity contribution in [1.29, 1.82) is 0 Å². The zero-order chi connectivity index (χ0) is 14.0. The fourth-order valence-electron chi connectivity index (χ4n) is 2.13. The van der Waals surface area contributed by atoms with Gasteiger partial charge in [-0.3, -0.25) is 9.59 Å². The van der Waals surface area contributed by atoms with Crippen LogP contribution in [-0.4, -0.2) is 31.0 Å². The minimum absolute atomic E-state index is 0.258. The first-order chi connectivity index (χ1) is 9.04. The number of aromatic nitrogens is 1. The molecule has 0 unspecified atom stereocenters. The van der Waals surface area contributed by atoms with Gasteiger partial charge in [-0.25, -0.2) is 0 Å². The van der Waals surface area contributed by atoms with Crippen molar-refractivity contribution >= 4 is 28.5 Å². The van der Waals surface area contributed by atoms with E-state index in [1.54, 1.807) is 7.05 Å². The van der Waals surface area contributed by atoms with E-state index in [4.69, 9.17) is 0 Å². The number of aromatic amines is 1. The molecule has 0 spiro atoms. The van der Waals surface area contributed by atoms with Crippen molar-refractivity contribution in [2.45, 2.75) is 13.3 Å². The van der Waals surface area contributed by atoms with E-state index in [0.29, 0.717) is 0 Å². The number of ether oxygens (including phenoxy) is 1. The number of nitrogens with zero attached hydrogens (tertiary/aromatic N) is 1. The Morgan fingerprint density at radius 3 is 2.68 bits per heavy atom. The number of anilines is 1. The molecule has 0 fully saturated rings. The van der Waals surface area contributed by atoms with Gasteiger partial charge in [-0.2, -0.15) is 0 Å². The topological polar surface area (TPSA) is 62.4 Å². The Hall–Kier alpha value is -2.30. The van der Waals surface area contributed by atoms with Gasteiger partial charge in [0.1, 0.15) is 6.42 Å². The van der Waals surface area contributed by atoms with E-state index in [9.17, 15) is 9.59 Å². The predicted octanol–water partition coefficient (Wildman–Crippen LogP) is 2.00. The summed E-state index contributed by atoms with van der Waals surface area (Å²) in [6.45, 7) is 1.90. The number of methoxy groups -OCH3 is 1. The third kappa shape index (κ3) is 2.45. The number of benzene rings is 1. The SMILES string of the molecule is COC(=O)CC(=O)N(C)c1c(C)[nH]c2ccccc12. The van der Waals surface area contributed by atoms with Crippen LogP contribution in [0.4, 0.5) is 5.69 Å². The van der Waals surface area contributed by atoms with Gasteiger partial charge in [0.15, 0.2) is 0 Å². The fraction of sp³-hybridized carbons (Fsp3) is 0.286. The van der Waals surface area contributed by atoms with Crippen LogP contribution in [0.5, 0.6) is 0 Å². The van der Waals surface area contributed by atoms with Crippen LogP contribution in [-0.2, 0) is 14.3 Å². The Morgan fingerprint density at radius 2 is 2.00 bits per heavy atom. The molecule has 2 aromatic rings. The maximum atomic E-state index is 12.0. The van der Waals surface area contributed by atoms with Crippen LogP contribution >= 0.6 is 0 Å². The van der Waals surface area contributed by atoms with Crippen LogP contribution < -0.4 is 4.90 Å². The molecular weight excluding hydrogens is 244 g/mol. The molecule has 2 rings (SSSR count). The lowest BCUT2D eigenvalue weighted by molar-refractivity contribution is -0.143. The molecule has 5 heteroatoms. The van der Waals surface area contributed by atoms with Crippen LogP contribution in [0.1, 0.15) is 12.1 Å². The Labute approximate surface area is 111 Å². The summed E-state index contributed by atoms with van der Waals surface area (Å²) in [5, 5.41) is 0.959. The molecule has 0 aliphatic heterocycles. The average molecular weight is 260 g/mol. The van der Waals surface area contributed by atoms with E-state index in [1.807, 2.05) is 31.2 Å². The van der Waals surface area contributed by atoms with Crippen molar-refractivity contribution in [3.8, 4) is 0 Å². The molecule has 0 aliphatic rings. The Kier molecular flexibility index (Phi) is 3.55. The summed E-state index contributed by atoms with van der Waals surface area (Å²) in [5.41, 5.74) is 2.65. The standard InChI is InChI=1S/C14H16N2O3/c1-9-14(10-6-4-5-7-11(10)15-9)16(2)12(17)8-13(18)19-3/h4-7,15H,8H2,1-3H3. The van der Waals surface area contributed by atoms with Crippen molar-refractivity contribution in [2.75, 3.05) is 19.1 Å². The largest absolute Gasteiger partial charge is 0.469 e. The molecule has 1 heterocycles. The molecule has 0 saturated heterocycles. The summed E-state index contributed by atoms with van der Waals surface area (Å²) in [6, 6.07) is 7.73. The molecule has 0 radical (unpaired) electrons. The van der Waals surface area contributed by atoms with Gasteiger partial charge in [-0.1, -0.05) is 18.2 Å². The highest BCUT2D eigenvalue weighted by Gasteiger charge is 2.20. The number of rotatable bonds is 3. The number of aryl methyl sites for hydroxylation is 1. The molecule has 5 nitrogen and oxygen atoms in total. The summed E-state index contributed by atoms with van der Waals surface area (Å²) < 4.78 is 4.51. The summed E-state index contributed by atoms with van der Waals surface area (Å²) in [5.74, 6) is -0.825. The van der Waals surface area contributed by atoms with E-state index in [0.717, 1.165) is 22.3 Å². The fourth-order valence-corrected chi connectivity index (χ4v) is 2.13. The number of para-hydroxylation sites is 1. The smallest absolute Gasteiger partial charge is 0.315 e. The Bertz CT molecular complexity index is 631. The first-order valence-electron chi connectivity index (χ1n) is 5.95. The lowest BCUT2D eigenvalue weighted by Gasteiger charge is -2.17. The highest BCUT2D eigenvalue weighted by Crippen LogP contribution is 2.30. The summed E-state index contributed by atoms with van der Waals surface area (Å²) in [6.07, 6.45) is -0.258. The number of hydrogen-bond donors (Lipinski definition) is 1. The molecule has 1 aromatic carbocycles. The quantitative estimate of drug-likeness (QED) is 0.678. The number of nitrogens with one attached hydrogen (secondary N) is 1. The van der Waals surface area contributed by atoms with Gasteiger partial charge in [-0.05, 0) is 13.0 Å². The molecule has 0 bridgehead atoms. The molecule has 0 aliphatic carbocycles. The zero-order valence-electron chi connectivity index (χ0n) is 11.2. The van der Waals surface area contributed by atoms with Gasteiger partial charge >= 0.3 is 5.97 Å². The van der Waals surface area contributed by atoms with Crippen LogP contribution in [0.2, 0.25) is 0 Å². The van der Waals surface area contributed by atoms with Crippen molar-refractivity contribution in [1.82, 2.24) is 4.98 Å². The van der Waals surface area contributed by atoms with E-state index < -0.39 is 5.97 Å². The molecule has 100 valence electrons. The molecule has 1 aromatic heterocycles. The molecule has 1 amide bonds. The highest BCUT2D eigenvalue weighted by molar-refractivity contribution is 6.08. The minimum atomic E-state index is -0.533. The number of H-pyrrole nitrogens is 1. The van der Waals surface area contributed by atoms with Gasteiger partial charge in [0.25, 0.3) is 0 Å². The number of carbonyl (C=O) groups is 2. The van der Waals surface area contributed by atoms with Crippen LogP contribution in [0, 0.1) is 6.92 Å². The third-order valence-electron chi connectivity index (χ3n) is 3.09. The Morgan fingerprint density at radius 1 is 1.32 bits per heavy atom. The number of amides is 1. The van der Waals surface area contributed by atoms with Crippen LogP contribution in [0.25, 0.3) is 10.9 Å². The second-order valence-electron chi connectivity index (χ2n) is 4.35. The van der Waals surface area contributed by atoms with Crippen molar-refractivity contribution in [3.05, 3.63) is 30.0 Å². The molecular formula is C14H16N2O3. The first-order valence-corrected chi connectivity index (χ1v) is 5.95. The maximum absolute atomic E-state index is 12.0. The van der Waals surface area contributed by atoms with Crippen molar-refractivity contribution in [2.24, 2.45) is 0 Å². The molecule has 1 N–H and O–H groups in total. The first kappa shape index (κ1) is 13.1. The monoisotopic (exact) mass is 260 g/mol. The number of carbonyl (C=O) groups excluding carboxylic acids is 2. The van der Waals surface area contributed by atoms with E-state index in [-0.39, 0.29) is 12.3 Å². The van der Waals surface area contributed by atoms with Crippen molar-refractivity contribution in [3.63, 3.8) is 0 Å². The highest BCUT2D eigenvalue weighted by atomic mass is 16.5. The molecule has 0 saturated carbocycles. The normalized spacial score (nSPS) is 10.5. The lowest BCUT2D eigenvalue weighted by atomic mass is 10.2. The second kappa shape index (κ2) is 5.14. The number of hydrogen-bond acceptors (Lipinski definition) is 3. The second-order valence-corrected chi connectivity index (χ2v) is 4.35. The van der Waals surface area contributed by atoms with Gasteiger partial charge in [0.05, 0.1) is 12.8 Å². The van der Waals surface area contributed by atoms with Crippen LogP contribution in [0.3, 0.4) is 0 Å². The third-order valence-corrected chi connectivity index (χ3v) is 3.09. The maximum Gasteiger partial charge on any atom is 0.315 e. The summed E-state index contributed by atoms with van der Waals surface area (Å²) >= 11 is 0. The van der Waals surface area contributed by atoms with Gasteiger partial charge < -0.3 is 14.6 Å². The molecule has 0 atom stereocenters. The van der Waals surface area contributed by atoms with E-state index in [1.165, 1.54) is 12.0 Å². The summed E-state index contributed by atoms with van der Waals surface area (Å²) in [4.78, 5) is 27.9. The van der Waals surface area contributed by atoms with E-state index >= 15 is 0 Å². The zero-order valence-corrected chi connectivity index (χ0v) is 11.2. The van der Waals surface area contributed by atoms with E-state index in [2.05, 4.69) is 9.72 Å². The predicted molar refractivity (Wildman–Crippen MR) is 73.1 cm³/mol. The van der Waals surface area contributed by atoms with Gasteiger partial charge in [-0.15, -0.1) is 0 Å². The van der Waals surface area contributed by atoms with Crippen LogP contribution in [0.15, 0.2) is 24.3 Å². The molecule has 19 heavy (non-hydrogen) atoms. The lowest BCUT2D eigenvalue weighted by Crippen LogP contribution is -2.29. The summed E-state index contributed by atoms with van der Waals surface area (Å²) in [7, 11) is 2.93. The minimum Gasteiger partial charge on any atom is -0.469 e. The average Bonchev–Trinajstić information content (AvgIpc) is 2.73. The Balaban J connectivity index is 2.36. The van der Waals surface area contributed by atoms with Gasteiger partial charge in [0, 0.05) is 23.6 Å².